The van der Waals surface area contributed by atoms with E-state index in [2.05, 4.69) is 6.58 Å². The Morgan fingerprint density at radius 3 is 2.72 bits per heavy atom. The molecule has 0 radical (unpaired) electrons. The zero-order chi connectivity index (χ0) is 13.5. The highest BCUT2D eigenvalue weighted by Crippen LogP contribution is 2.19. The highest BCUT2D eigenvalue weighted by molar-refractivity contribution is 5.76. The second-order valence-corrected chi connectivity index (χ2v) is 4.34. The molecule has 0 spiro atoms. The number of nitrogens with zero attached hydrogens (tertiary/aromatic N) is 1. The molecule has 0 aliphatic heterocycles. The summed E-state index contributed by atoms with van der Waals surface area (Å²) in [4.78, 5) is 13.4. The molecule has 0 bridgehead atoms. The van der Waals surface area contributed by atoms with E-state index in [-0.39, 0.29) is 5.91 Å². The zero-order valence-electron chi connectivity index (χ0n) is 11.0. The van der Waals surface area contributed by atoms with Crippen LogP contribution in [0.4, 0.5) is 5.69 Å². The first-order valence-electron chi connectivity index (χ1n) is 5.86. The Labute approximate surface area is 108 Å². The third-order valence-electron chi connectivity index (χ3n) is 2.43. The van der Waals surface area contributed by atoms with E-state index >= 15 is 0 Å². The number of rotatable bonds is 6. The maximum absolute atomic E-state index is 11.7. The first-order chi connectivity index (χ1) is 8.50. The van der Waals surface area contributed by atoms with E-state index in [0.29, 0.717) is 31.0 Å². The minimum Gasteiger partial charge on any atom is -0.491 e. The quantitative estimate of drug-likeness (QED) is 0.619. The normalized spacial score (nSPS) is 9.89. The fraction of sp³-hybridized carbons (Fsp3) is 0.357. The van der Waals surface area contributed by atoms with Gasteiger partial charge in [0, 0.05) is 13.6 Å². The summed E-state index contributed by atoms with van der Waals surface area (Å²) < 4.78 is 5.47. The molecule has 1 rings (SSSR count). The molecule has 1 aromatic carbocycles. The second kappa shape index (κ2) is 6.69. The van der Waals surface area contributed by atoms with Gasteiger partial charge in [-0.25, -0.2) is 0 Å². The van der Waals surface area contributed by atoms with Crippen molar-refractivity contribution in [3.05, 3.63) is 36.4 Å². The summed E-state index contributed by atoms with van der Waals surface area (Å²) >= 11 is 0. The van der Waals surface area contributed by atoms with Gasteiger partial charge < -0.3 is 15.4 Å². The van der Waals surface area contributed by atoms with Crippen molar-refractivity contribution in [2.45, 2.75) is 13.3 Å². The summed E-state index contributed by atoms with van der Waals surface area (Å²) in [5.74, 6) is 0.653. The van der Waals surface area contributed by atoms with Gasteiger partial charge in [0.25, 0.3) is 0 Å². The summed E-state index contributed by atoms with van der Waals surface area (Å²) in [6, 6.07) is 7.25. The SMILES string of the molecule is C=C(C)CN(C)C(=O)CCOc1ccccc1N. The minimum atomic E-state index is 0.0347. The molecule has 0 heterocycles. The Balaban J connectivity index is 2.36. The summed E-state index contributed by atoms with van der Waals surface area (Å²) in [5.41, 5.74) is 7.27. The molecule has 1 amide bonds. The Hall–Kier alpha value is -1.97. The smallest absolute Gasteiger partial charge is 0.226 e. The van der Waals surface area contributed by atoms with Gasteiger partial charge in [-0.05, 0) is 19.1 Å². The highest BCUT2D eigenvalue weighted by Gasteiger charge is 2.09. The monoisotopic (exact) mass is 248 g/mol. The Kier molecular flexibility index (Phi) is 5.24. The van der Waals surface area contributed by atoms with Crippen LogP contribution in [0.5, 0.6) is 5.75 Å². The zero-order valence-corrected chi connectivity index (χ0v) is 11.0. The predicted molar refractivity (Wildman–Crippen MR) is 73.4 cm³/mol. The van der Waals surface area contributed by atoms with Gasteiger partial charge in [-0.1, -0.05) is 24.3 Å². The maximum atomic E-state index is 11.7. The molecular formula is C14H20N2O2. The number of carbonyl (C=O) groups is 1. The van der Waals surface area contributed by atoms with Crippen molar-refractivity contribution in [2.24, 2.45) is 0 Å². The summed E-state index contributed by atoms with van der Waals surface area (Å²) in [5, 5.41) is 0. The number of likely N-dealkylation sites (N-methyl/N-ethyl adjacent to an activating group) is 1. The minimum absolute atomic E-state index is 0.0347. The van der Waals surface area contributed by atoms with Crippen molar-refractivity contribution < 1.29 is 9.53 Å². The van der Waals surface area contributed by atoms with Gasteiger partial charge in [-0.2, -0.15) is 0 Å². The third kappa shape index (κ3) is 4.49. The van der Waals surface area contributed by atoms with Gasteiger partial charge in [-0.3, -0.25) is 4.79 Å². The molecule has 0 fully saturated rings. The van der Waals surface area contributed by atoms with Crippen LogP contribution in [0.3, 0.4) is 0 Å². The number of para-hydroxylation sites is 2. The van der Waals surface area contributed by atoms with Gasteiger partial charge in [0.15, 0.2) is 0 Å². The van der Waals surface area contributed by atoms with Crippen LogP contribution in [-0.4, -0.2) is 31.0 Å². The number of ether oxygens (including phenoxy) is 1. The molecule has 1 aromatic rings. The average Bonchev–Trinajstić information content (AvgIpc) is 2.30. The molecule has 0 atom stereocenters. The van der Waals surface area contributed by atoms with Gasteiger partial charge in [0.2, 0.25) is 5.91 Å². The van der Waals surface area contributed by atoms with Crippen LogP contribution in [0.2, 0.25) is 0 Å². The summed E-state index contributed by atoms with van der Waals surface area (Å²) in [6.45, 7) is 6.57. The number of hydrogen-bond acceptors (Lipinski definition) is 3. The van der Waals surface area contributed by atoms with Crippen molar-refractivity contribution in [2.75, 3.05) is 25.9 Å². The fourth-order valence-corrected chi connectivity index (χ4v) is 1.54. The molecule has 2 N–H and O–H groups in total. The maximum Gasteiger partial charge on any atom is 0.226 e. The molecular weight excluding hydrogens is 228 g/mol. The number of benzene rings is 1. The molecule has 0 aliphatic carbocycles. The van der Waals surface area contributed by atoms with E-state index in [1.165, 1.54) is 0 Å². The Morgan fingerprint density at radius 2 is 2.11 bits per heavy atom. The van der Waals surface area contributed by atoms with E-state index in [0.717, 1.165) is 5.57 Å². The topological polar surface area (TPSA) is 55.6 Å². The lowest BCUT2D eigenvalue weighted by Gasteiger charge is -2.17. The molecule has 98 valence electrons. The van der Waals surface area contributed by atoms with Gasteiger partial charge in [-0.15, -0.1) is 0 Å². The molecule has 18 heavy (non-hydrogen) atoms. The summed E-state index contributed by atoms with van der Waals surface area (Å²) in [6.07, 6.45) is 0.331. The number of hydrogen-bond donors (Lipinski definition) is 1. The summed E-state index contributed by atoms with van der Waals surface area (Å²) in [7, 11) is 1.76. The number of amides is 1. The molecule has 0 unspecified atom stereocenters. The van der Waals surface area contributed by atoms with Crippen molar-refractivity contribution in [3.63, 3.8) is 0 Å². The lowest BCUT2D eigenvalue weighted by atomic mass is 10.3. The largest absolute Gasteiger partial charge is 0.491 e. The second-order valence-electron chi connectivity index (χ2n) is 4.34. The first-order valence-corrected chi connectivity index (χ1v) is 5.86. The van der Waals surface area contributed by atoms with Crippen LogP contribution in [-0.2, 0) is 4.79 Å². The van der Waals surface area contributed by atoms with Crippen LogP contribution in [0.25, 0.3) is 0 Å². The molecule has 4 heteroatoms. The van der Waals surface area contributed by atoms with E-state index in [4.69, 9.17) is 10.5 Å². The van der Waals surface area contributed by atoms with Gasteiger partial charge in [0.05, 0.1) is 18.7 Å². The van der Waals surface area contributed by atoms with Crippen LogP contribution in [0.15, 0.2) is 36.4 Å². The van der Waals surface area contributed by atoms with Crippen LogP contribution < -0.4 is 10.5 Å². The fourth-order valence-electron chi connectivity index (χ4n) is 1.54. The third-order valence-corrected chi connectivity index (χ3v) is 2.43. The molecule has 0 saturated heterocycles. The van der Waals surface area contributed by atoms with Crippen LogP contribution in [0.1, 0.15) is 13.3 Å². The van der Waals surface area contributed by atoms with E-state index in [9.17, 15) is 4.79 Å². The standard InChI is InChI=1S/C14H20N2O2/c1-11(2)10-16(3)14(17)8-9-18-13-7-5-4-6-12(13)15/h4-7H,1,8-10,15H2,2-3H3. The Morgan fingerprint density at radius 1 is 1.44 bits per heavy atom. The molecule has 0 aliphatic rings. The number of anilines is 1. The number of carbonyl (C=O) groups excluding carboxylic acids is 1. The lowest BCUT2D eigenvalue weighted by Crippen LogP contribution is -2.29. The van der Waals surface area contributed by atoms with E-state index in [1.807, 2.05) is 19.1 Å². The molecule has 0 aromatic heterocycles. The van der Waals surface area contributed by atoms with Crippen molar-refractivity contribution in [1.29, 1.82) is 0 Å². The lowest BCUT2D eigenvalue weighted by molar-refractivity contribution is -0.130. The molecule has 4 nitrogen and oxygen atoms in total. The van der Waals surface area contributed by atoms with Crippen LogP contribution in [0, 0.1) is 0 Å². The highest BCUT2D eigenvalue weighted by atomic mass is 16.5. The van der Waals surface area contributed by atoms with Crippen LogP contribution >= 0.6 is 0 Å². The van der Waals surface area contributed by atoms with Gasteiger partial charge >= 0.3 is 0 Å². The van der Waals surface area contributed by atoms with E-state index < -0.39 is 0 Å². The van der Waals surface area contributed by atoms with Crippen molar-refractivity contribution >= 4 is 11.6 Å². The number of nitrogens with two attached hydrogens (primary N) is 1. The Bertz CT molecular complexity index is 430. The average molecular weight is 248 g/mol. The van der Waals surface area contributed by atoms with Gasteiger partial charge in [0.1, 0.15) is 5.75 Å². The molecule has 0 saturated carbocycles. The van der Waals surface area contributed by atoms with E-state index in [1.54, 1.807) is 24.1 Å². The number of nitrogen functional groups attached to an aromatic ring is 1. The van der Waals surface area contributed by atoms with Crippen molar-refractivity contribution in [3.8, 4) is 5.75 Å². The first kappa shape index (κ1) is 14.1. The van der Waals surface area contributed by atoms with Crippen molar-refractivity contribution in [1.82, 2.24) is 4.90 Å². The predicted octanol–water partition coefficient (Wildman–Crippen LogP) is 2.07.